The van der Waals surface area contributed by atoms with Crippen LogP contribution in [0.2, 0.25) is 0 Å². The third-order valence-electron chi connectivity index (χ3n) is 2.10. The largest absolute Gasteiger partial charge is 0.464 e. The molecule has 0 N–H and O–H groups in total. The molecular formula is C10H21NO2. The number of carbonyl (C=O) groups excluding carboxylic acids is 1. The van der Waals surface area contributed by atoms with Crippen LogP contribution in [0, 0.1) is 0 Å². The van der Waals surface area contributed by atoms with Gasteiger partial charge in [0.2, 0.25) is 0 Å². The third-order valence-corrected chi connectivity index (χ3v) is 2.10. The van der Waals surface area contributed by atoms with Crippen molar-refractivity contribution >= 4 is 5.97 Å². The first kappa shape index (κ1) is 12.4. The van der Waals surface area contributed by atoms with Crippen molar-refractivity contribution < 1.29 is 9.53 Å². The summed E-state index contributed by atoms with van der Waals surface area (Å²) in [6.45, 7) is 4.13. The van der Waals surface area contributed by atoms with Crippen molar-refractivity contribution in [2.75, 3.05) is 20.7 Å². The van der Waals surface area contributed by atoms with Crippen LogP contribution in [0.5, 0.6) is 0 Å². The van der Waals surface area contributed by atoms with E-state index in [2.05, 4.69) is 11.8 Å². The quantitative estimate of drug-likeness (QED) is 0.592. The Morgan fingerprint density at radius 2 is 2.08 bits per heavy atom. The first-order chi connectivity index (χ1) is 6.07. The van der Waals surface area contributed by atoms with E-state index in [9.17, 15) is 4.79 Å². The first-order valence-corrected chi connectivity index (χ1v) is 4.87. The van der Waals surface area contributed by atoms with Crippen LogP contribution in [0.4, 0.5) is 0 Å². The van der Waals surface area contributed by atoms with E-state index < -0.39 is 0 Å². The molecule has 0 saturated heterocycles. The lowest BCUT2D eigenvalue weighted by Crippen LogP contribution is -2.33. The summed E-state index contributed by atoms with van der Waals surface area (Å²) in [5, 5.41) is 0. The van der Waals surface area contributed by atoms with Crippen molar-refractivity contribution in [3.63, 3.8) is 0 Å². The van der Waals surface area contributed by atoms with Gasteiger partial charge in [-0.1, -0.05) is 19.8 Å². The smallest absolute Gasteiger partial charge is 0.302 e. The number of nitrogens with zero attached hydrogens (tertiary/aromatic N) is 1. The second-order valence-electron chi connectivity index (χ2n) is 3.56. The van der Waals surface area contributed by atoms with E-state index in [1.165, 1.54) is 19.8 Å². The molecular weight excluding hydrogens is 166 g/mol. The van der Waals surface area contributed by atoms with Crippen molar-refractivity contribution in [2.45, 2.75) is 39.2 Å². The number of likely N-dealkylation sites (N-methyl/N-ethyl adjacent to an activating group) is 1. The van der Waals surface area contributed by atoms with Gasteiger partial charge in [-0.15, -0.1) is 0 Å². The Hall–Kier alpha value is -0.570. The summed E-state index contributed by atoms with van der Waals surface area (Å²) in [6, 6.07) is 0.365. The molecule has 0 spiro atoms. The number of esters is 1. The molecule has 0 rings (SSSR count). The maximum Gasteiger partial charge on any atom is 0.302 e. The number of hydrogen-bond acceptors (Lipinski definition) is 3. The number of hydrogen-bond donors (Lipinski definition) is 0. The molecule has 0 aliphatic heterocycles. The fourth-order valence-electron chi connectivity index (χ4n) is 1.14. The lowest BCUT2D eigenvalue weighted by atomic mass is 10.1. The Morgan fingerprint density at radius 3 is 2.46 bits per heavy atom. The molecule has 0 aromatic carbocycles. The van der Waals surface area contributed by atoms with E-state index in [-0.39, 0.29) is 5.97 Å². The summed E-state index contributed by atoms with van der Waals surface area (Å²) >= 11 is 0. The summed E-state index contributed by atoms with van der Waals surface area (Å²) in [4.78, 5) is 12.7. The van der Waals surface area contributed by atoms with Crippen LogP contribution in [0.25, 0.3) is 0 Å². The Kier molecular flexibility index (Phi) is 6.59. The van der Waals surface area contributed by atoms with Gasteiger partial charge in [-0.05, 0) is 20.5 Å². The van der Waals surface area contributed by atoms with Crippen LogP contribution < -0.4 is 0 Å². The van der Waals surface area contributed by atoms with Crippen molar-refractivity contribution in [2.24, 2.45) is 0 Å². The predicted molar refractivity (Wildman–Crippen MR) is 53.6 cm³/mol. The number of carbonyl (C=O) groups is 1. The minimum absolute atomic E-state index is 0.191. The molecule has 0 aliphatic carbocycles. The second kappa shape index (κ2) is 6.89. The van der Waals surface area contributed by atoms with Gasteiger partial charge in [0.15, 0.2) is 0 Å². The number of rotatable bonds is 6. The van der Waals surface area contributed by atoms with Crippen LogP contribution in [-0.2, 0) is 9.53 Å². The van der Waals surface area contributed by atoms with E-state index in [4.69, 9.17) is 4.74 Å². The molecule has 0 heterocycles. The standard InChI is InChI=1S/C10H21NO2/c1-5-6-7-10(11(3)4)8-13-9(2)12/h10H,5-8H2,1-4H3. The monoisotopic (exact) mass is 187 g/mol. The molecule has 0 aromatic rings. The van der Waals surface area contributed by atoms with Gasteiger partial charge < -0.3 is 9.64 Å². The van der Waals surface area contributed by atoms with Crippen LogP contribution in [-0.4, -0.2) is 37.6 Å². The maximum atomic E-state index is 10.6. The average Bonchev–Trinajstić information content (AvgIpc) is 2.03. The molecule has 0 saturated carbocycles. The van der Waals surface area contributed by atoms with E-state index in [1.54, 1.807) is 0 Å². The normalized spacial score (nSPS) is 13.0. The molecule has 0 radical (unpaired) electrons. The summed E-state index contributed by atoms with van der Waals surface area (Å²) in [5.41, 5.74) is 0. The number of unbranched alkanes of at least 4 members (excludes halogenated alkanes) is 1. The van der Waals surface area contributed by atoms with Crippen molar-refractivity contribution in [1.29, 1.82) is 0 Å². The molecule has 3 heteroatoms. The van der Waals surface area contributed by atoms with Gasteiger partial charge in [0.25, 0.3) is 0 Å². The molecule has 0 fully saturated rings. The highest BCUT2D eigenvalue weighted by molar-refractivity contribution is 5.65. The Labute approximate surface area is 81.1 Å². The molecule has 1 atom stereocenters. The van der Waals surface area contributed by atoms with Gasteiger partial charge in [0.05, 0.1) is 0 Å². The van der Waals surface area contributed by atoms with Crippen LogP contribution in [0.3, 0.4) is 0 Å². The SMILES string of the molecule is CCCCC(COC(C)=O)N(C)C. The van der Waals surface area contributed by atoms with Gasteiger partial charge in [0.1, 0.15) is 6.61 Å². The Bertz CT molecular complexity index is 146. The van der Waals surface area contributed by atoms with Crippen LogP contribution in [0.1, 0.15) is 33.1 Å². The molecule has 13 heavy (non-hydrogen) atoms. The highest BCUT2D eigenvalue weighted by Gasteiger charge is 2.11. The van der Waals surface area contributed by atoms with Crippen molar-refractivity contribution in [1.82, 2.24) is 4.90 Å². The summed E-state index contributed by atoms with van der Waals surface area (Å²) < 4.78 is 4.98. The topological polar surface area (TPSA) is 29.5 Å². The van der Waals surface area contributed by atoms with Crippen LogP contribution >= 0.6 is 0 Å². The van der Waals surface area contributed by atoms with E-state index >= 15 is 0 Å². The van der Waals surface area contributed by atoms with Gasteiger partial charge >= 0.3 is 5.97 Å². The second-order valence-corrected chi connectivity index (χ2v) is 3.56. The zero-order chi connectivity index (χ0) is 10.3. The molecule has 1 unspecified atom stereocenters. The molecule has 78 valence electrons. The number of ether oxygens (including phenoxy) is 1. The van der Waals surface area contributed by atoms with Gasteiger partial charge in [0, 0.05) is 13.0 Å². The molecule has 0 amide bonds. The lowest BCUT2D eigenvalue weighted by Gasteiger charge is -2.23. The zero-order valence-corrected chi connectivity index (χ0v) is 9.17. The van der Waals surface area contributed by atoms with Crippen LogP contribution in [0.15, 0.2) is 0 Å². The Balaban J connectivity index is 3.73. The minimum atomic E-state index is -0.191. The summed E-state index contributed by atoms with van der Waals surface area (Å²) in [7, 11) is 4.04. The highest BCUT2D eigenvalue weighted by Crippen LogP contribution is 2.06. The van der Waals surface area contributed by atoms with E-state index in [0.29, 0.717) is 12.6 Å². The van der Waals surface area contributed by atoms with Crippen molar-refractivity contribution in [3.8, 4) is 0 Å². The minimum Gasteiger partial charge on any atom is -0.464 e. The fourth-order valence-corrected chi connectivity index (χ4v) is 1.14. The summed E-state index contributed by atoms with van der Waals surface area (Å²) in [6.07, 6.45) is 3.46. The Morgan fingerprint density at radius 1 is 1.46 bits per heavy atom. The van der Waals surface area contributed by atoms with Gasteiger partial charge in [-0.2, -0.15) is 0 Å². The summed E-state index contributed by atoms with van der Waals surface area (Å²) in [5.74, 6) is -0.191. The van der Waals surface area contributed by atoms with E-state index in [1.807, 2.05) is 14.1 Å². The first-order valence-electron chi connectivity index (χ1n) is 4.87. The molecule has 0 aliphatic rings. The van der Waals surface area contributed by atoms with Gasteiger partial charge in [-0.3, -0.25) is 4.79 Å². The predicted octanol–water partition coefficient (Wildman–Crippen LogP) is 1.67. The zero-order valence-electron chi connectivity index (χ0n) is 9.17. The third kappa shape index (κ3) is 6.58. The molecule has 0 bridgehead atoms. The van der Waals surface area contributed by atoms with E-state index in [0.717, 1.165) is 6.42 Å². The average molecular weight is 187 g/mol. The molecule has 0 aromatic heterocycles. The lowest BCUT2D eigenvalue weighted by molar-refractivity contribution is -0.142. The maximum absolute atomic E-state index is 10.6. The fraction of sp³-hybridized carbons (Fsp3) is 0.900. The van der Waals surface area contributed by atoms with Crippen molar-refractivity contribution in [3.05, 3.63) is 0 Å². The molecule has 3 nitrogen and oxygen atoms in total. The highest BCUT2D eigenvalue weighted by atomic mass is 16.5. The van der Waals surface area contributed by atoms with Gasteiger partial charge in [-0.25, -0.2) is 0 Å².